The molecule has 2 aromatic rings. The first-order chi connectivity index (χ1) is 13.8. The van der Waals surface area contributed by atoms with Crippen LogP contribution in [0.2, 0.25) is 0 Å². The summed E-state index contributed by atoms with van der Waals surface area (Å²) in [5.41, 5.74) is 2.78. The highest BCUT2D eigenvalue weighted by atomic mass is 32.2. The molecule has 1 aliphatic heterocycles. The Kier molecular flexibility index (Phi) is 7.03. The molecule has 0 atom stereocenters. The Hall–Kier alpha value is -2.25. The van der Waals surface area contributed by atoms with E-state index in [2.05, 4.69) is 5.32 Å². The Morgan fingerprint density at radius 3 is 2.45 bits per heavy atom. The molecule has 156 valence electrons. The van der Waals surface area contributed by atoms with Crippen molar-refractivity contribution in [2.45, 2.75) is 31.9 Å². The van der Waals surface area contributed by atoms with E-state index in [4.69, 9.17) is 0 Å². The second kappa shape index (κ2) is 9.50. The fourth-order valence-corrected chi connectivity index (χ4v) is 5.18. The summed E-state index contributed by atoms with van der Waals surface area (Å²) in [5, 5.41) is 2.91. The molecule has 1 amide bonds. The highest BCUT2D eigenvalue weighted by Crippen LogP contribution is 2.22. The number of nitrogens with one attached hydrogen (secondary N) is 1. The van der Waals surface area contributed by atoms with Crippen LogP contribution in [0.4, 0.5) is 4.39 Å². The van der Waals surface area contributed by atoms with Gasteiger partial charge in [0.25, 0.3) is 0 Å². The molecule has 2 aromatic carbocycles. The molecule has 29 heavy (non-hydrogen) atoms. The van der Waals surface area contributed by atoms with Crippen LogP contribution >= 0.6 is 0 Å². The molecular weight excluding hydrogens is 391 g/mol. The van der Waals surface area contributed by atoms with Gasteiger partial charge < -0.3 is 5.32 Å². The maximum absolute atomic E-state index is 12.9. The lowest BCUT2D eigenvalue weighted by Gasteiger charge is -2.30. The summed E-state index contributed by atoms with van der Waals surface area (Å²) in [6.45, 7) is 3.15. The summed E-state index contributed by atoms with van der Waals surface area (Å²) in [6, 6.07) is 13.7. The average molecular weight is 419 g/mol. The molecule has 1 aliphatic rings. The van der Waals surface area contributed by atoms with Gasteiger partial charge in [-0.25, -0.2) is 17.1 Å². The molecule has 0 radical (unpaired) electrons. The molecule has 0 unspecified atom stereocenters. The lowest BCUT2D eigenvalue weighted by molar-refractivity contribution is -0.126. The van der Waals surface area contributed by atoms with Crippen LogP contribution in [0.1, 0.15) is 29.5 Å². The average Bonchev–Trinajstić information content (AvgIpc) is 2.69. The van der Waals surface area contributed by atoms with Gasteiger partial charge in [0.15, 0.2) is 0 Å². The summed E-state index contributed by atoms with van der Waals surface area (Å²) in [5.74, 6) is -0.498. The van der Waals surface area contributed by atoms with Crippen LogP contribution < -0.4 is 5.32 Å². The molecule has 0 bridgehead atoms. The standard InChI is InChI=1S/C22H27FN2O3S/c1-17-3-2-4-19(15-17)16-29(27,28)25-13-10-20(11-14-25)22(26)24-12-9-18-5-7-21(23)8-6-18/h2-8,15,20H,9-14,16H2,1H3,(H,24,26). The zero-order valence-corrected chi connectivity index (χ0v) is 17.4. The summed E-state index contributed by atoms with van der Waals surface area (Å²) in [4.78, 5) is 12.4. The van der Waals surface area contributed by atoms with Gasteiger partial charge in [0.1, 0.15) is 5.82 Å². The smallest absolute Gasteiger partial charge is 0.223 e. The highest BCUT2D eigenvalue weighted by Gasteiger charge is 2.31. The molecule has 1 saturated heterocycles. The van der Waals surface area contributed by atoms with Gasteiger partial charge in [-0.2, -0.15) is 0 Å². The van der Waals surface area contributed by atoms with Gasteiger partial charge >= 0.3 is 0 Å². The monoisotopic (exact) mass is 418 g/mol. The SMILES string of the molecule is Cc1cccc(CS(=O)(=O)N2CCC(C(=O)NCCc3ccc(F)cc3)CC2)c1. The highest BCUT2D eigenvalue weighted by molar-refractivity contribution is 7.88. The van der Waals surface area contributed by atoms with Crippen LogP contribution in [-0.2, 0) is 27.0 Å². The molecule has 1 heterocycles. The maximum Gasteiger partial charge on any atom is 0.223 e. The van der Waals surface area contributed by atoms with Crippen molar-refractivity contribution >= 4 is 15.9 Å². The van der Waals surface area contributed by atoms with Gasteiger partial charge in [-0.1, -0.05) is 42.0 Å². The number of hydrogen-bond donors (Lipinski definition) is 1. The van der Waals surface area contributed by atoms with E-state index in [1.807, 2.05) is 31.2 Å². The third-order valence-corrected chi connectivity index (χ3v) is 7.13. The van der Waals surface area contributed by atoms with Crippen LogP contribution in [0.3, 0.4) is 0 Å². The number of halogens is 1. The van der Waals surface area contributed by atoms with Gasteiger partial charge in [0, 0.05) is 25.6 Å². The van der Waals surface area contributed by atoms with Crippen molar-refractivity contribution in [2.75, 3.05) is 19.6 Å². The van der Waals surface area contributed by atoms with Crippen molar-refractivity contribution < 1.29 is 17.6 Å². The van der Waals surface area contributed by atoms with Crippen LogP contribution in [0.5, 0.6) is 0 Å². The number of hydrogen-bond acceptors (Lipinski definition) is 3. The largest absolute Gasteiger partial charge is 0.356 e. The van der Waals surface area contributed by atoms with E-state index in [1.165, 1.54) is 16.4 Å². The van der Waals surface area contributed by atoms with Crippen molar-refractivity contribution in [1.29, 1.82) is 0 Å². The van der Waals surface area contributed by atoms with E-state index >= 15 is 0 Å². The van der Waals surface area contributed by atoms with Gasteiger partial charge in [0.2, 0.25) is 15.9 Å². The normalized spacial score (nSPS) is 15.9. The first kappa shape index (κ1) is 21.5. The fourth-order valence-electron chi connectivity index (χ4n) is 3.63. The topological polar surface area (TPSA) is 66.5 Å². The second-order valence-electron chi connectivity index (χ2n) is 7.59. The summed E-state index contributed by atoms with van der Waals surface area (Å²) in [6.07, 6.45) is 1.68. The van der Waals surface area contributed by atoms with Crippen LogP contribution in [-0.4, -0.2) is 38.3 Å². The number of sulfonamides is 1. The number of rotatable bonds is 7. The van der Waals surface area contributed by atoms with E-state index in [-0.39, 0.29) is 23.4 Å². The number of piperidine rings is 1. The minimum atomic E-state index is -3.39. The molecule has 1 N–H and O–H groups in total. The number of amides is 1. The zero-order chi connectivity index (χ0) is 20.9. The predicted molar refractivity (Wildman–Crippen MR) is 111 cm³/mol. The molecule has 0 saturated carbocycles. The molecule has 0 aromatic heterocycles. The van der Waals surface area contributed by atoms with Crippen LogP contribution in [0.25, 0.3) is 0 Å². The minimum absolute atomic E-state index is 0.0107. The molecule has 1 fully saturated rings. The third kappa shape index (κ3) is 6.11. The molecular formula is C22H27FN2O3S. The second-order valence-corrected chi connectivity index (χ2v) is 9.55. The van der Waals surface area contributed by atoms with Crippen molar-refractivity contribution in [3.05, 3.63) is 71.0 Å². The summed E-state index contributed by atoms with van der Waals surface area (Å²) in [7, 11) is -3.39. The van der Waals surface area contributed by atoms with E-state index in [9.17, 15) is 17.6 Å². The Bertz CT molecular complexity index is 937. The third-order valence-electron chi connectivity index (χ3n) is 5.28. The van der Waals surface area contributed by atoms with E-state index in [0.717, 1.165) is 16.7 Å². The summed E-state index contributed by atoms with van der Waals surface area (Å²) >= 11 is 0. The van der Waals surface area contributed by atoms with E-state index < -0.39 is 10.0 Å². The van der Waals surface area contributed by atoms with Gasteiger partial charge in [-0.05, 0) is 49.4 Å². The molecule has 0 aliphatic carbocycles. The number of carbonyl (C=O) groups is 1. The molecule has 3 rings (SSSR count). The molecule has 0 spiro atoms. The number of nitrogens with zero attached hydrogens (tertiary/aromatic N) is 1. The van der Waals surface area contributed by atoms with Gasteiger partial charge in [0.05, 0.1) is 5.75 Å². The van der Waals surface area contributed by atoms with E-state index in [1.54, 1.807) is 12.1 Å². The van der Waals surface area contributed by atoms with Gasteiger partial charge in [-0.3, -0.25) is 4.79 Å². The lowest BCUT2D eigenvalue weighted by Crippen LogP contribution is -2.43. The van der Waals surface area contributed by atoms with Crippen molar-refractivity contribution in [1.82, 2.24) is 9.62 Å². The Balaban J connectivity index is 1.45. The molecule has 7 heteroatoms. The number of aryl methyl sites for hydroxylation is 1. The Morgan fingerprint density at radius 2 is 1.79 bits per heavy atom. The quantitative estimate of drug-likeness (QED) is 0.752. The fraction of sp³-hybridized carbons (Fsp3) is 0.409. The van der Waals surface area contributed by atoms with Gasteiger partial charge in [-0.15, -0.1) is 0 Å². The number of benzene rings is 2. The zero-order valence-electron chi connectivity index (χ0n) is 16.6. The maximum atomic E-state index is 12.9. The van der Waals surface area contributed by atoms with Crippen molar-refractivity contribution in [2.24, 2.45) is 5.92 Å². The predicted octanol–water partition coefficient (Wildman–Crippen LogP) is 3.03. The first-order valence-electron chi connectivity index (χ1n) is 9.89. The van der Waals surface area contributed by atoms with E-state index in [0.29, 0.717) is 38.9 Å². The Labute approximate surface area is 172 Å². The van der Waals surface area contributed by atoms with Crippen LogP contribution in [0, 0.1) is 18.7 Å². The summed E-state index contributed by atoms with van der Waals surface area (Å²) < 4.78 is 39.8. The van der Waals surface area contributed by atoms with Crippen molar-refractivity contribution in [3.63, 3.8) is 0 Å². The molecule has 5 nitrogen and oxygen atoms in total. The van der Waals surface area contributed by atoms with Crippen molar-refractivity contribution in [3.8, 4) is 0 Å². The first-order valence-corrected chi connectivity index (χ1v) is 11.5. The lowest BCUT2D eigenvalue weighted by atomic mass is 9.97. The van der Waals surface area contributed by atoms with Crippen LogP contribution in [0.15, 0.2) is 48.5 Å². The minimum Gasteiger partial charge on any atom is -0.356 e. The Morgan fingerprint density at radius 1 is 1.10 bits per heavy atom. The number of carbonyl (C=O) groups excluding carboxylic acids is 1.